The summed E-state index contributed by atoms with van der Waals surface area (Å²) >= 11 is 9.21. The Morgan fingerprint density at radius 1 is 1.25 bits per heavy atom. The monoisotopic (exact) mass is 542 g/mol. The van der Waals surface area contributed by atoms with Gasteiger partial charge in [0, 0.05) is 23.8 Å². The molecule has 36 heavy (non-hydrogen) atoms. The van der Waals surface area contributed by atoms with Gasteiger partial charge in [0.2, 0.25) is 0 Å². The van der Waals surface area contributed by atoms with Crippen molar-refractivity contribution in [2.45, 2.75) is 56.0 Å². The Morgan fingerprint density at radius 3 is 2.94 bits per heavy atom. The molecule has 2 aliphatic rings. The van der Waals surface area contributed by atoms with Crippen LogP contribution in [-0.4, -0.2) is 41.0 Å². The zero-order valence-electron chi connectivity index (χ0n) is 19.9. The third-order valence-electron chi connectivity index (χ3n) is 6.28. The number of aromatic nitrogens is 2. The number of benzene rings is 1. The maximum atomic E-state index is 13.2. The summed E-state index contributed by atoms with van der Waals surface area (Å²) in [6, 6.07) is 8.22. The van der Waals surface area contributed by atoms with Crippen molar-refractivity contribution < 1.29 is 14.3 Å². The van der Waals surface area contributed by atoms with Crippen LogP contribution in [0.3, 0.4) is 0 Å². The van der Waals surface area contributed by atoms with Crippen LogP contribution >= 0.6 is 34.7 Å². The number of ether oxygens (including phenoxy) is 1. The summed E-state index contributed by atoms with van der Waals surface area (Å²) in [6.45, 7) is 3.25. The number of carbonyl (C=O) groups is 2. The number of hydrogen-bond donors (Lipinski definition) is 2. The highest BCUT2D eigenvalue weighted by molar-refractivity contribution is 7.98. The van der Waals surface area contributed by atoms with Gasteiger partial charge in [-0.2, -0.15) is 0 Å². The van der Waals surface area contributed by atoms with E-state index < -0.39 is 5.91 Å². The lowest BCUT2D eigenvalue weighted by Gasteiger charge is -2.13. The summed E-state index contributed by atoms with van der Waals surface area (Å²) in [5.74, 6) is 0.0492. The third-order valence-corrected chi connectivity index (χ3v) is 8.69. The fourth-order valence-electron chi connectivity index (χ4n) is 4.52. The molecule has 188 valence electrons. The van der Waals surface area contributed by atoms with Crippen molar-refractivity contribution in [3.8, 4) is 0 Å². The van der Waals surface area contributed by atoms with Gasteiger partial charge in [-0.05, 0) is 50.2 Å². The Kier molecular flexibility index (Phi) is 7.90. The number of nitrogens with zero attached hydrogens (tertiary/aromatic N) is 2. The Labute approximate surface area is 223 Å². The van der Waals surface area contributed by atoms with Gasteiger partial charge in [-0.15, -0.1) is 11.3 Å². The number of hydrogen-bond acceptors (Lipinski definition) is 7. The molecular formula is C26H27ClN4O3S2. The first-order valence-electron chi connectivity index (χ1n) is 12.0. The van der Waals surface area contributed by atoms with E-state index in [0.29, 0.717) is 28.0 Å². The topological polar surface area (TPSA) is 93.2 Å². The summed E-state index contributed by atoms with van der Waals surface area (Å²) in [5, 5.41) is 7.10. The highest BCUT2D eigenvalue weighted by atomic mass is 35.5. The number of carbonyl (C=O) groups excluding carboxylic acids is 2. The average molecular weight is 543 g/mol. The smallest absolute Gasteiger partial charge is 0.276 e. The quantitative estimate of drug-likeness (QED) is 0.291. The first-order chi connectivity index (χ1) is 17.5. The number of thiophene rings is 1. The fourth-order valence-corrected chi connectivity index (χ4v) is 6.74. The van der Waals surface area contributed by atoms with Gasteiger partial charge >= 0.3 is 0 Å². The lowest BCUT2D eigenvalue weighted by Crippen LogP contribution is -2.32. The third kappa shape index (κ3) is 5.75. The van der Waals surface area contributed by atoms with Crippen LogP contribution in [0.15, 0.2) is 35.6 Å². The van der Waals surface area contributed by atoms with Crippen molar-refractivity contribution in [2.24, 2.45) is 0 Å². The van der Waals surface area contributed by atoms with E-state index in [9.17, 15) is 9.59 Å². The van der Waals surface area contributed by atoms with E-state index in [1.54, 1.807) is 0 Å². The molecule has 0 radical (unpaired) electrons. The molecule has 7 nitrogen and oxygen atoms in total. The molecule has 0 spiro atoms. The van der Waals surface area contributed by atoms with Crippen LogP contribution in [0, 0.1) is 6.92 Å². The molecule has 1 unspecified atom stereocenters. The normalized spacial score (nSPS) is 16.7. The van der Waals surface area contributed by atoms with E-state index in [4.69, 9.17) is 16.3 Å². The van der Waals surface area contributed by atoms with E-state index in [1.165, 1.54) is 34.9 Å². The molecule has 1 atom stereocenters. The number of rotatable bonds is 8. The highest BCUT2D eigenvalue weighted by Gasteiger charge is 2.29. The van der Waals surface area contributed by atoms with E-state index in [1.807, 2.05) is 25.1 Å². The zero-order valence-corrected chi connectivity index (χ0v) is 22.3. The van der Waals surface area contributed by atoms with Crippen LogP contribution in [0.25, 0.3) is 0 Å². The number of fused-ring (bicyclic) bond motifs is 1. The minimum Gasteiger partial charge on any atom is -0.376 e. The molecule has 1 saturated heterocycles. The number of anilines is 1. The molecular weight excluding hydrogens is 516 g/mol. The summed E-state index contributed by atoms with van der Waals surface area (Å²) in [5.41, 5.74) is 4.01. The molecule has 0 bridgehead atoms. The molecule has 3 aromatic rings. The number of halogens is 1. The van der Waals surface area contributed by atoms with Crippen molar-refractivity contribution in [2.75, 3.05) is 18.5 Å². The van der Waals surface area contributed by atoms with Crippen molar-refractivity contribution in [3.05, 3.63) is 68.3 Å². The number of nitrogens with one attached hydrogen (secondary N) is 2. The van der Waals surface area contributed by atoms with Crippen molar-refractivity contribution in [1.82, 2.24) is 15.3 Å². The molecule has 2 amide bonds. The van der Waals surface area contributed by atoms with Gasteiger partial charge in [0.05, 0.1) is 22.9 Å². The summed E-state index contributed by atoms with van der Waals surface area (Å²) in [6.07, 6.45) is 6.22. The van der Waals surface area contributed by atoms with Gasteiger partial charge in [-0.3, -0.25) is 9.59 Å². The Hall–Kier alpha value is -2.46. The van der Waals surface area contributed by atoms with Crippen LogP contribution in [0.1, 0.15) is 61.7 Å². The molecule has 2 N–H and O–H groups in total. The molecule has 10 heteroatoms. The number of aryl methyl sites for hydroxylation is 2. The highest BCUT2D eigenvalue weighted by Crippen LogP contribution is 2.39. The van der Waals surface area contributed by atoms with Crippen LogP contribution in [0.4, 0.5) is 5.00 Å². The SMILES string of the molecule is Cc1cccc(CSc2ncc(Cl)c(C(=O)Nc3sc4c(c3C(=O)NCC3CCCO3)CCC4)n2)c1. The predicted molar refractivity (Wildman–Crippen MR) is 143 cm³/mol. The maximum Gasteiger partial charge on any atom is 0.276 e. The van der Waals surface area contributed by atoms with Gasteiger partial charge in [-0.25, -0.2) is 9.97 Å². The van der Waals surface area contributed by atoms with E-state index in [0.717, 1.165) is 54.7 Å². The molecule has 1 aromatic carbocycles. The lowest BCUT2D eigenvalue weighted by atomic mass is 10.1. The summed E-state index contributed by atoms with van der Waals surface area (Å²) in [7, 11) is 0. The standard InChI is InChI=1S/C26H27ClN4O3S2/c1-15-5-2-6-16(11-15)14-35-26-29-13-19(27)22(30-26)24(33)31-25-21(18-8-3-9-20(18)36-25)23(32)28-12-17-7-4-10-34-17/h2,5-6,11,13,17H,3-4,7-10,12,14H2,1H3,(H,28,32)(H,31,33). The second-order valence-corrected chi connectivity index (χ2v) is 11.4. The molecule has 0 saturated carbocycles. The van der Waals surface area contributed by atoms with Gasteiger partial charge in [0.25, 0.3) is 11.8 Å². The van der Waals surface area contributed by atoms with Gasteiger partial charge in [0.15, 0.2) is 10.9 Å². The zero-order chi connectivity index (χ0) is 25.1. The molecule has 1 fully saturated rings. The van der Waals surface area contributed by atoms with Gasteiger partial charge < -0.3 is 15.4 Å². The van der Waals surface area contributed by atoms with E-state index in [2.05, 4.69) is 26.7 Å². The second-order valence-electron chi connectivity index (χ2n) is 8.99. The second kappa shape index (κ2) is 11.3. The van der Waals surface area contributed by atoms with Crippen LogP contribution < -0.4 is 10.6 Å². The minimum absolute atomic E-state index is 0.0502. The first kappa shape index (κ1) is 25.2. The maximum absolute atomic E-state index is 13.2. The molecule has 3 heterocycles. The fraction of sp³-hybridized carbons (Fsp3) is 0.385. The summed E-state index contributed by atoms with van der Waals surface area (Å²) in [4.78, 5) is 36.3. The van der Waals surface area contributed by atoms with Crippen LogP contribution in [0.5, 0.6) is 0 Å². The average Bonchev–Trinajstić information content (AvgIpc) is 3.60. The number of thioether (sulfide) groups is 1. The van der Waals surface area contributed by atoms with Crippen LogP contribution in [0.2, 0.25) is 5.02 Å². The molecule has 5 rings (SSSR count). The predicted octanol–water partition coefficient (Wildman–Crippen LogP) is 5.44. The first-order valence-corrected chi connectivity index (χ1v) is 14.2. The lowest BCUT2D eigenvalue weighted by molar-refractivity contribution is 0.0858. The van der Waals surface area contributed by atoms with Crippen molar-refractivity contribution in [3.63, 3.8) is 0 Å². The molecule has 1 aliphatic carbocycles. The van der Waals surface area contributed by atoms with E-state index >= 15 is 0 Å². The van der Waals surface area contributed by atoms with Crippen LogP contribution in [-0.2, 0) is 23.3 Å². The van der Waals surface area contributed by atoms with E-state index in [-0.39, 0.29) is 22.7 Å². The largest absolute Gasteiger partial charge is 0.376 e. The Balaban J connectivity index is 1.31. The summed E-state index contributed by atoms with van der Waals surface area (Å²) < 4.78 is 5.63. The molecule has 2 aromatic heterocycles. The van der Waals surface area contributed by atoms with Gasteiger partial charge in [-0.1, -0.05) is 53.2 Å². The van der Waals surface area contributed by atoms with Crippen molar-refractivity contribution in [1.29, 1.82) is 0 Å². The van der Waals surface area contributed by atoms with Crippen molar-refractivity contribution >= 4 is 51.5 Å². The molecule has 1 aliphatic heterocycles. The van der Waals surface area contributed by atoms with Gasteiger partial charge in [0.1, 0.15) is 5.00 Å². The Bertz CT molecular complexity index is 1290. The Morgan fingerprint density at radius 2 is 2.14 bits per heavy atom. The number of amides is 2. The minimum atomic E-state index is -0.451.